The van der Waals surface area contributed by atoms with Crippen LogP contribution in [0, 0.1) is 6.92 Å². The number of halogens is 1. The lowest BCUT2D eigenvalue weighted by Crippen LogP contribution is -2.17. The van der Waals surface area contributed by atoms with Crippen molar-refractivity contribution in [3.05, 3.63) is 63.2 Å². The zero-order valence-electron chi connectivity index (χ0n) is 12.8. The van der Waals surface area contributed by atoms with E-state index in [4.69, 9.17) is 17.3 Å². The molecule has 2 rings (SSSR count). The molecule has 0 aliphatic rings. The SMILES string of the molecule is CNC(=O)c1ccc(Cc2cc(C(N)=O)c(O)c(Cl)c2C)cc1. The zero-order chi connectivity index (χ0) is 17.1. The van der Waals surface area contributed by atoms with Gasteiger partial charge < -0.3 is 16.2 Å². The fourth-order valence-electron chi connectivity index (χ4n) is 2.30. The average molecular weight is 333 g/mol. The Morgan fingerprint density at radius 3 is 2.39 bits per heavy atom. The van der Waals surface area contributed by atoms with Crippen molar-refractivity contribution < 1.29 is 14.7 Å². The number of carbonyl (C=O) groups is 2. The van der Waals surface area contributed by atoms with Crippen LogP contribution in [-0.2, 0) is 6.42 Å². The second-order valence-electron chi connectivity index (χ2n) is 5.19. The van der Waals surface area contributed by atoms with Gasteiger partial charge in [-0.3, -0.25) is 9.59 Å². The Balaban J connectivity index is 2.36. The van der Waals surface area contributed by atoms with E-state index in [0.29, 0.717) is 17.5 Å². The van der Waals surface area contributed by atoms with E-state index < -0.39 is 5.91 Å². The molecule has 0 spiro atoms. The van der Waals surface area contributed by atoms with E-state index in [1.165, 1.54) is 0 Å². The number of amides is 2. The second kappa shape index (κ2) is 6.71. The van der Waals surface area contributed by atoms with Crippen LogP contribution in [0.3, 0.4) is 0 Å². The number of aromatic hydroxyl groups is 1. The third kappa shape index (κ3) is 3.46. The van der Waals surface area contributed by atoms with Crippen molar-refractivity contribution in [2.24, 2.45) is 5.73 Å². The normalized spacial score (nSPS) is 10.4. The van der Waals surface area contributed by atoms with Crippen LogP contribution in [0.5, 0.6) is 5.75 Å². The fraction of sp³-hybridized carbons (Fsp3) is 0.176. The molecule has 120 valence electrons. The molecule has 0 heterocycles. The molecule has 2 amide bonds. The van der Waals surface area contributed by atoms with E-state index in [2.05, 4.69) is 5.32 Å². The van der Waals surface area contributed by atoms with Crippen molar-refractivity contribution in [2.45, 2.75) is 13.3 Å². The molecule has 5 nitrogen and oxygen atoms in total. The van der Waals surface area contributed by atoms with E-state index in [9.17, 15) is 14.7 Å². The van der Waals surface area contributed by atoms with Crippen molar-refractivity contribution >= 4 is 23.4 Å². The highest BCUT2D eigenvalue weighted by Gasteiger charge is 2.17. The number of rotatable bonds is 4. The number of phenols is 1. The van der Waals surface area contributed by atoms with Gasteiger partial charge in [-0.2, -0.15) is 0 Å². The highest BCUT2D eigenvalue weighted by molar-refractivity contribution is 6.33. The highest BCUT2D eigenvalue weighted by Crippen LogP contribution is 2.34. The molecular weight excluding hydrogens is 316 g/mol. The maximum absolute atomic E-state index is 11.5. The van der Waals surface area contributed by atoms with Gasteiger partial charge in [-0.05, 0) is 48.2 Å². The van der Waals surface area contributed by atoms with E-state index in [-0.39, 0.29) is 22.2 Å². The number of primary amides is 1. The first-order valence-electron chi connectivity index (χ1n) is 6.97. The van der Waals surface area contributed by atoms with Gasteiger partial charge in [-0.1, -0.05) is 23.7 Å². The van der Waals surface area contributed by atoms with Gasteiger partial charge in [0.2, 0.25) is 0 Å². The summed E-state index contributed by atoms with van der Waals surface area (Å²) in [6.07, 6.45) is 0.500. The van der Waals surface area contributed by atoms with Crippen LogP contribution in [0.2, 0.25) is 5.02 Å². The van der Waals surface area contributed by atoms with Gasteiger partial charge in [-0.25, -0.2) is 0 Å². The maximum Gasteiger partial charge on any atom is 0.252 e. The first-order valence-corrected chi connectivity index (χ1v) is 7.34. The lowest BCUT2D eigenvalue weighted by Gasteiger charge is -2.12. The van der Waals surface area contributed by atoms with Crippen LogP contribution >= 0.6 is 11.6 Å². The van der Waals surface area contributed by atoms with Crippen LogP contribution in [-0.4, -0.2) is 24.0 Å². The highest BCUT2D eigenvalue weighted by atomic mass is 35.5. The Morgan fingerprint density at radius 2 is 1.87 bits per heavy atom. The molecule has 6 heteroatoms. The summed E-state index contributed by atoms with van der Waals surface area (Å²) in [7, 11) is 1.57. The molecule has 0 aliphatic heterocycles. The predicted octanol–water partition coefficient (Wildman–Crippen LogP) is 2.40. The van der Waals surface area contributed by atoms with E-state index >= 15 is 0 Å². The van der Waals surface area contributed by atoms with Gasteiger partial charge in [0.25, 0.3) is 11.8 Å². The molecule has 0 bridgehead atoms. The monoisotopic (exact) mass is 332 g/mol. The maximum atomic E-state index is 11.5. The van der Waals surface area contributed by atoms with Gasteiger partial charge in [0, 0.05) is 12.6 Å². The van der Waals surface area contributed by atoms with Crippen molar-refractivity contribution in [1.82, 2.24) is 5.32 Å². The van der Waals surface area contributed by atoms with Gasteiger partial charge in [0.05, 0.1) is 10.6 Å². The molecule has 4 N–H and O–H groups in total. The molecule has 0 aromatic heterocycles. The van der Waals surface area contributed by atoms with Crippen LogP contribution in [0.25, 0.3) is 0 Å². The largest absolute Gasteiger partial charge is 0.506 e. The molecule has 2 aromatic rings. The Hall–Kier alpha value is -2.53. The molecule has 0 saturated heterocycles. The third-order valence-electron chi connectivity index (χ3n) is 3.70. The van der Waals surface area contributed by atoms with Crippen LogP contribution < -0.4 is 11.1 Å². The zero-order valence-corrected chi connectivity index (χ0v) is 13.6. The number of carbonyl (C=O) groups excluding carboxylic acids is 2. The van der Waals surface area contributed by atoms with Crippen molar-refractivity contribution in [2.75, 3.05) is 7.05 Å². The minimum Gasteiger partial charge on any atom is -0.506 e. The Labute approximate surface area is 139 Å². The van der Waals surface area contributed by atoms with Gasteiger partial charge in [0.15, 0.2) is 0 Å². The Morgan fingerprint density at radius 1 is 1.26 bits per heavy atom. The smallest absolute Gasteiger partial charge is 0.252 e. The summed E-state index contributed by atoms with van der Waals surface area (Å²) in [5.41, 5.74) is 8.24. The minimum absolute atomic E-state index is 0.00224. The second-order valence-corrected chi connectivity index (χ2v) is 5.57. The summed E-state index contributed by atoms with van der Waals surface area (Å²) in [5.74, 6) is -1.19. The predicted molar refractivity (Wildman–Crippen MR) is 89.0 cm³/mol. The first-order chi connectivity index (χ1) is 10.8. The molecule has 23 heavy (non-hydrogen) atoms. The van der Waals surface area contributed by atoms with Gasteiger partial charge in [0.1, 0.15) is 5.75 Å². The summed E-state index contributed by atoms with van der Waals surface area (Å²) in [5, 5.41) is 12.6. The number of nitrogens with two attached hydrogens (primary N) is 1. The molecule has 0 saturated carbocycles. The summed E-state index contributed by atoms with van der Waals surface area (Å²) < 4.78 is 0. The molecule has 0 radical (unpaired) electrons. The van der Waals surface area contributed by atoms with E-state index in [1.54, 1.807) is 32.2 Å². The topological polar surface area (TPSA) is 92.4 Å². The van der Waals surface area contributed by atoms with Crippen LogP contribution in [0.4, 0.5) is 0 Å². The lowest BCUT2D eigenvalue weighted by atomic mass is 9.96. The summed E-state index contributed by atoms with van der Waals surface area (Å²) >= 11 is 6.07. The van der Waals surface area contributed by atoms with Gasteiger partial charge >= 0.3 is 0 Å². The quantitative estimate of drug-likeness (QED) is 0.802. The Kier molecular flexibility index (Phi) is 4.91. The molecule has 2 aromatic carbocycles. The van der Waals surface area contributed by atoms with Crippen molar-refractivity contribution in [1.29, 1.82) is 0 Å². The molecular formula is C17H17ClN2O3. The van der Waals surface area contributed by atoms with Crippen molar-refractivity contribution in [3.63, 3.8) is 0 Å². The number of benzene rings is 2. The standard InChI is InChI=1S/C17H17ClN2O3/c1-9-12(8-13(16(19)22)15(21)14(9)18)7-10-3-5-11(6-4-10)17(23)20-2/h3-6,8,21H,7H2,1-2H3,(H2,19,22)(H,20,23). The summed E-state index contributed by atoms with van der Waals surface area (Å²) in [6, 6.07) is 8.65. The molecule has 0 atom stereocenters. The molecule has 0 aliphatic carbocycles. The Bertz CT molecular complexity index is 770. The van der Waals surface area contributed by atoms with Crippen molar-refractivity contribution in [3.8, 4) is 5.75 Å². The number of nitrogens with one attached hydrogen (secondary N) is 1. The first kappa shape index (κ1) is 16.8. The fourth-order valence-corrected chi connectivity index (χ4v) is 2.52. The average Bonchev–Trinajstić information content (AvgIpc) is 2.55. The van der Waals surface area contributed by atoms with Crippen LogP contribution in [0.1, 0.15) is 37.4 Å². The number of hydrogen-bond acceptors (Lipinski definition) is 3. The summed E-state index contributed by atoms with van der Waals surface area (Å²) in [4.78, 5) is 22.9. The lowest BCUT2D eigenvalue weighted by molar-refractivity contribution is 0.0961. The van der Waals surface area contributed by atoms with Crippen LogP contribution in [0.15, 0.2) is 30.3 Å². The molecule has 0 unspecified atom stereocenters. The van der Waals surface area contributed by atoms with E-state index in [0.717, 1.165) is 11.1 Å². The third-order valence-corrected chi connectivity index (χ3v) is 4.16. The number of hydrogen-bond donors (Lipinski definition) is 3. The van der Waals surface area contributed by atoms with Gasteiger partial charge in [-0.15, -0.1) is 0 Å². The molecule has 0 fully saturated rings. The minimum atomic E-state index is -0.736. The summed E-state index contributed by atoms with van der Waals surface area (Å²) in [6.45, 7) is 1.76. The van der Waals surface area contributed by atoms with E-state index in [1.807, 2.05) is 12.1 Å².